The molecule has 0 aromatic heterocycles. The topological polar surface area (TPSA) is 100 Å². The van der Waals surface area contributed by atoms with Crippen molar-refractivity contribution in [2.45, 2.75) is 58.1 Å². The fourth-order valence-corrected chi connectivity index (χ4v) is 3.11. The van der Waals surface area contributed by atoms with Gasteiger partial charge in [0.1, 0.15) is 5.60 Å². The number of nitrogens with one attached hydrogen (secondary N) is 2. The van der Waals surface area contributed by atoms with Crippen LogP contribution in [0.5, 0.6) is 0 Å². The number of carbonyl (C=O) groups excluding carboxylic acids is 2. The maximum Gasteiger partial charge on any atom is 0.408 e. The standard InChI is InChI=1S/C19H25N3O4/c1-19(2,3)26-18(24)20-15-9-7-12-10-13(6-8-14(12)15)17(23)21-16(22-25)11-4-5-11/h6,8,10-11,15,25H,4-5,7,9H2,1-3H3,(H,20,24)(H,21,22,23)/t15-/m1/s1. The quantitative estimate of drug-likeness (QED) is 0.334. The summed E-state index contributed by atoms with van der Waals surface area (Å²) in [5, 5.41) is 17.8. The number of hydrogen-bond donors (Lipinski definition) is 3. The van der Waals surface area contributed by atoms with Crippen LogP contribution in [-0.2, 0) is 11.2 Å². The van der Waals surface area contributed by atoms with Crippen LogP contribution < -0.4 is 10.6 Å². The van der Waals surface area contributed by atoms with Crippen molar-refractivity contribution in [3.05, 3.63) is 34.9 Å². The zero-order valence-electron chi connectivity index (χ0n) is 15.3. The molecule has 0 radical (unpaired) electrons. The molecular formula is C19H25N3O4. The third-order valence-corrected chi connectivity index (χ3v) is 4.49. The Morgan fingerprint density at radius 1 is 1.23 bits per heavy atom. The number of nitrogens with zero attached hydrogens (tertiary/aromatic N) is 1. The van der Waals surface area contributed by atoms with E-state index >= 15 is 0 Å². The van der Waals surface area contributed by atoms with Crippen molar-refractivity contribution >= 4 is 17.8 Å². The van der Waals surface area contributed by atoms with Gasteiger partial charge < -0.3 is 20.6 Å². The number of hydrogen-bond acceptors (Lipinski definition) is 5. The van der Waals surface area contributed by atoms with E-state index in [1.165, 1.54) is 0 Å². The third kappa shape index (κ3) is 4.33. The Balaban J connectivity index is 1.66. The molecule has 0 unspecified atom stereocenters. The normalized spacial score (nSPS) is 19.7. The van der Waals surface area contributed by atoms with Gasteiger partial charge in [-0.05, 0) is 69.7 Å². The molecule has 2 aliphatic carbocycles. The van der Waals surface area contributed by atoms with Crippen molar-refractivity contribution < 1.29 is 19.5 Å². The molecule has 3 rings (SSSR count). The van der Waals surface area contributed by atoms with Crippen LogP contribution in [0.4, 0.5) is 4.79 Å². The first-order valence-corrected chi connectivity index (χ1v) is 8.92. The second-order valence-corrected chi connectivity index (χ2v) is 7.86. The summed E-state index contributed by atoms with van der Waals surface area (Å²) in [7, 11) is 0. The smallest absolute Gasteiger partial charge is 0.408 e. The van der Waals surface area contributed by atoms with Crippen LogP contribution in [0.1, 0.15) is 67.6 Å². The largest absolute Gasteiger partial charge is 0.444 e. The number of oxime groups is 1. The van der Waals surface area contributed by atoms with Gasteiger partial charge in [-0.3, -0.25) is 4.79 Å². The summed E-state index contributed by atoms with van der Waals surface area (Å²) < 4.78 is 5.31. The highest BCUT2D eigenvalue weighted by Gasteiger charge is 2.30. The summed E-state index contributed by atoms with van der Waals surface area (Å²) >= 11 is 0. The molecular weight excluding hydrogens is 334 g/mol. The van der Waals surface area contributed by atoms with Gasteiger partial charge in [0, 0.05) is 11.5 Å². The molecule has 140 valence electrons. The second kappa shape index (κ2) is 6.97. The van der Waals surface area contributed by atoms with Crippen LogP contribution >= 0.6 is 0 Å². The van der Waals surface area contributed by atoms with Crippen LogP contribution in [-0.4, -0.2) is 28.6 Å². The molecule has 2 aliphatic rings. The summed E-state index contributed by atoms with van der Waals surface area (Å²) in [4.78, 5) is 24.4. The Bertz CT molecular complexity index is 748. The number of carbonyl (C=O) groups is 2. The molecule has 1 fully saturated rings. The molecule has 0 bridgehead atoms. The average molecular weight is 359 g/mol. The number of amides is 2. The maximum atomic E-state index is 12.4. The predicted molar refractivity (Wildman–Crippen MR) is 96.3 cm³/mol. The summed E-state index contributed by atoms with van der Waals surface area (Å²) in [6.45, 7) is 5.48. The molecule has 2 amide bonds. The van der Waals surface area contributed by atoms with Gasteiger partial charge in [-0.1, -0.05) is 11.2 Å². The van der Waals surface area contributed by atoms with Crippen molar-refractivity contribution in [2.75, 3.05) is 0 Å². The minimum atomic E-state index is -0.541. The van der Waals surface area contributed by atoms with E-state index in [-0.39, 0.29) is 17.9 Å². The first-order chi connectivity index (χ1) is 12.3. The Labute approximate surface area is 152 Å². The lowest BCUT2D eigenvalue weighted by Gasteiger charge is -2.22. The number of alkyl carbamates (subject to hydrolysis) is 1. The zero-order valence-corrected chi connectivity index (χ0v) is 15.3. The summed E-state index contributed by atoms with van der Waals surface area (Å²) in [6, 6.07) is 5.32. The van der Waals surface area contributed by atoms with Gasteiger partial charge in [0.15, 0.2) is 5.84 Å². The molecule has 26 heavy (non-hydrogen) atoms. The third-order valence-electron chi connectivity index (χ3n) is 4.49. The van der Waals surface area contributed by atoms with E-state index in [0.29, 0.717) is 11.4 Å². The van der Waals surface area contributed by atoms with Crippen LogP contribution in [0.2, 0.25) is 0 Å². The van der Waals surface area contributed by atoms with E-state index in [4.69, 9.17) is 9.94 Å². The minimum Gasteiger partial charge on any atom is -0.444 e. The van der Waals surface area contributed by atoms with Crippen LogP contribution in [0.25, 0.3) is 0 Å². The Morgan fingerprint density at radius 3 is 2.58 bits per heavy atom. The Kier molecular flexibility index (Phi) is 4.89. The summed E-state index contributed by atoms with van der Waals surface area (Å²) in [6.07, 6.45) is 2.97. The van der Waals surface area contributed by atoms with Crippen molar-refractivity contribution in [1.82, 2.24) is 10.6 Å². The van der Waals surface area contributed by atoms with E-state index in [2.05, 4.69) is 15.8 Å². The van der Waals surface area contributed by atoms with E-state index < -0.39 is 11.7 Å². The van der Waals surface area contributed by atoms with Crippen molar-refractivity contribution in [2.24, 2.45) is 11.1 Å². The number of fused-ring (bicyclic) bond motifs is 1. The molecule has 7 heteroatoms. The molecule has 0 aliphatic heterocycles. The first-order valence-electron chi connectivity index (χ1n) is 8.92. The van der Waals surface area contributed by atoms with Crippen molar-refractivity contribution in [3.8, 4) is 0 Å². The van der Waals surface area contributed by atoms with Crippen LogP contribution in [0.15, 0.2) is 23.4 Å². The van der Waals surface area contributed by atoms with E-state index in [1.807, 2.05) is 32.9 Å². The molecule has 1 aromatic rings. The molecule has 0 heterocycles. The number of rotatable bonds is 3. The average Bonchev–Trinajstić information content (AvgIpc) is 3.33. The highest BCUT2D eigenvalue weighted by molar-refractivity contribution is 6.07. The Hall–Kier alpha value is -2.57. The maximum absolute atomic E-state index is 12.4. The highest BCUT2D eigenvalue weighted by atomic mass is 16.6. The van der Waals surface area contributed by atoms with E-state index in [1.54, 1.807) is 6.07 Å². The number of amidine groups is 1. The number of aryl methyl sites for hydroxylation is 1. The predicted octanol–water partition coefficient (Wildman–Crippen LogP) is 3.13. The molecule has 0 saturated heterocycles. The molecule has 3 N–H and O–H groups in total. The molecule has 1 atom stereocenters. The lowest BCUT2D eigenvalue weighted by atomic mass is 10.0. The van der Waals surface area contributed by atoms with Gasteiger partial charge in [-0.15, -0.1) is 0 Å². The van der Waals surface area contributed by atoms with E-state index in [9.17, 15) is 9.59 Å². The lowest BCUT2D eigenvalue weighted by molar-refractivity contribution is 0.0503. The zero-order chi connectivity index (χ0) is 18.9. The van der Waals surface area contributed by atoms with Gasteiger partial charge >= 0.3 is 6.09 Å². The minimum absolute atomic E-state index is 0.113. The molecule has 1 aromatic carbocycles. The van der Waals surface area contributed by atoms with Crippen molar-refractivity contribution in [3.63, 3.8) is 0 Å². The number of ether oxygens (including phenoxy) is 1. The molecule has 1 saturated carbocycles. The fourth-order valence-electron chi connectivity index (χ4n) is 3.11. The van der Waals surface area contributed by atoms with Crippen LogP contribution in [0.3, 0.4) is 0 Å². The van der Waals surface area contributed by atoms with Gasteiger partial charge in [-0.25, -0.2) is 4.79 Å². The lowest BCUT2D eigenvalue weighted by Crippen LogP contribution is -2.34. The fraction of sp³-hybridized carbons (Fsp3) is 0.526. The van der Waals surface area contributed by atoms with Crippen LogP contribution in [0, 0.1) is 5.92 Å². The monoisotopic (exact) mass is 359 g/mol. The molecule has 7 nitrogen and oxygen atoms in total. The molecule has 0 spiro atoms. The van der Waals surface area contributed by atoms with Gasteiger partial charge in [0.25, 0.3) is 5.91 Å². The van der Waals surface area contributed by atoms with Crippen molar-refractivity contribution in [1.29, 1.82) is 0 Å². The number of benzene rings is 1. The first kappa shape index (κ1) is 18.2. The summed E-state index contributed by atoms with van der Waals surface area (Å²) in [5.74, 6) is 0.205. The summed E-state index contributed by atoms with van der Waals surface area (Å²) in [5.41, 5.74) is 2.02. The SMILES string of the molecule is CC(C)(C)OC(=O)N[C@@H]1CCc2cc(C(=O)N/C(=N\O)C3CC3)ccc21. The highest BCUT2D eigenvalue weighted by Crippen LogP contribution is 2.32. The van der Waals surface area contributed by atoms with E-state index in [0.717, 1.165) is 36.8 Å². The van der Waals surface area contributed by atoms with Gasteiger partial charge in [0.2, 0.25) is 0 Å². The van der Waals surface area contributed by atoms with Gasteiger partial charge in [0.05, 0.1) is 6.04 Å². The Morgan fingerprint density at radius 2 is 1.96 bits per heavy atom. The van der Waals surface area contributed by atoms with Gasteiger partial charge in [-0.2, -0.15) is 0 Å². The second-order valence-electron chi connectivity index (χ2n) is 7.86.